The Morgan fingerprint density at radius 2 is 1.60 bits per heavy atom. The van der Waals surface area contributed by atoms with Crippen LogP contribution in [0.15, 0.2) is 46.9 Å². The van der Waals surface area contributed by atoms with Gasteiger partial charge in [0.25, 0.3) is 0 Å². The van der Waals surface area contributed by atoms with E-state index in [0.29, 0.717) is 17.7 Å². The molecule has 1 unspecified atom stereocenters. The highest BCUT2D eigenvalue weighted by atomic mass is 32.2. The largest absolute Gasteiger partial charge is 0.591 e. The smallest absolute Gasteiger partial charge is 0.416 e. The van der Waals surface area contributed by atoms with E-state index in [9.17, 15) is 45.2 Å². The van der Waals surface area contributed by atoms with Crippen LogP contribution in [-0.4, -0.2) is 50.3 Å². The molecule has 1 saturated heterocycles. The fraction of sp³-hybridized carbons (Fsp3) is 0.462. The Hall–Kier alpha value is -2.84. The average Bonchev–Trinajstić information content (AvgIpc) is 3.19. The number of benzene rings is 2. The number of carboxylic acid groups (broad SMARTS) is 1. The van der Waals surface area contributed by atoms with Crippen molar-refractivity contribution in [1.82, 2.24) is 4.90 Å². The predicted octanol–water partition coefficient (Wildman–Crippen LogP) is 6.99. The van der Waals surface area contributed by atoms with Crippen molar-refractivity contribution in [3.63, 3.8) is 0 Å². The summed E-state index contributed by atoms with van der Waals surface area (Å²) in [5, 5.41) is 9.86. The number of hydrogen-bond donors (Lipinski definition) is 1. The molecule has 220 valence electrons. The first-order valence-corrected chi connectivity index (χ1v) is 13.1. The number of likely N-dealkylation sites (tertiary alicyclic amines) is 1. The Morgan fingerprint density at radius 1 is 1.07 bits per heavy atom. The van der Waals surface area contributed by atoms with E-state index < -0.39 is 81.2 Å². The summed E-state index contributed by atoms with van der Waals surface area (Å²) < 4.78 is 116. The lowest BCUT2D eigenvalue weighted by atomic mass is 9.90. The monoisotopic (exact) mass is 596 g/mol. The number of nitrogens with zero attached hydrogens (tertiary/aromatic N) is 2. The molecule has 1 N–H and O–H groups in total. The predicted molar refractivity (Wildman–Crippen MR) is 134 cm³/mol. The molecule has 1 heterocycles. The van der Waals surface area contributed by atoms with Gasteiger partial charge in [0.15, 0.2) is 0 Å². The second-order valence-electron chi connectivity index (χ2n) is 10.3. The van der Waals surface area contributed by atoms with Gasteiger partial charge in [0.1, 0.15) is 21.9 Å². The van der Waals surface area contributed by atoms with Crippen LogP contribution in [0.4, 0.5) is 35.5 Å². The van der Waals surface area contributed by atoms with E-state index in [-0.39, 0.29) is 12.6 Å². The summed E-state index contributed by atoms with van der Waals surface area (Å²) in [5.41, 5.74) is -3.08. The molecule has 0 bridgehead atoms. The number of carbonyl (C=O) groups is 1. The van der Waals surface area contributed by atoms with Crippen molar-refractivity contribution in [2.75, 3.05) is 6.54 Å². The van der Waals surface area contributed by atoms with Gasteiger partial charge in [0.2, 0.25) is 0 Å². The molecular weight excluding hydrogens is 569 g/mol. The SMILES string of the molecule is C[C@@H](O[C@H]1CN(C(=O)O)[C@@H](C=N[S+]([O-])C(C)(C)C)[C@@H]1c1ccc(F)cc1)c1cc(C(F)(F)F)cc(C(F)(F)F)c1. The Morgan fingerprint density at radius 3 is 2.05 bits per heavy atom. The van der Waals surface area contributed by atoms with E-state index in [0.717, 1.165) is 17.0 Å². The molecule has 0 saturated carbocycles. The quantitative estimate of drug-likeness (QED) is 0.221. The maximum atomic E-state index is 13.7. The van der Waals surface area contributed by atoms with Crippen molar-refractivity contribution in [3.8, 4) is 0 Å². The third kappa shape index (κ3) is 7.46. The Bertz CT molecular complexity index is 1200. The minimum absolute atomic E-state index is 0.00110. The second kappa shape index (κ2) is 11.6. The number of amides is 1. The van der Waals surface area contributed by atoms with Gasteiger partial charge in [-0.25, -0.2) is 9.18 Å². The van der Waals surface area contributed by atoms with Crippen molar-refractivity contribution in [2.45, 2.75) is 69.0 Å². The summed E-state index contributed by atoms with van der Waals surface area (Å²) in [4.78, 5) is 13.0. The zero-order valence-electron chi connectivity index (χ0n) is 21.8. The third-order valence-electron chi connectivity index (χ3n) is 6.30. The molecule has 1 aliphatic rings. The van der Waals surface area contributed by atoms with Crippen molar-refractivity contribution in [2.24, 2.45) is 4.40 Å². The van der Waals surface area contributed by atoms with Gasteiger partial charge in [-0.2, -0.15) is 26.3 Å². The third-order valence-corrected chi connectivity index (χ3v) is 7.66. The number of ether oxygens (including phenoxy) is 1. The zero-order chi connectivity index (χ0) is 30.2. The van der Waals surface area contributed by atoms with Crippen LogP contribution in [0.5, 0.6) is 0 Å². The van der Waals surface area contributed by atoms with Gasteiger partial charge < -0.3 is 14.4 Å². The molecule has 40 heavy (non-hydrogen) atoms. The molecule has 3 rings (SSSR count). The van der Waals surface area contributed by atoms with Crippen LogP contribution in [0.2, 0.25) is 0 Å². The highest BCUT2D eigenvalue weighted by molar-refractivity contribution is 7.91. The Labute approximate surface area is 229 Å². The summed E-state index contributed by atoms with van der Waals surface area (Å²) >= 11 is -1.77. The molecule has 6 nitrogen and oxygen atoms in total. The van der Waals surface area contributed by atoms with E-state index >= 15 is 0 Å². The van der Waals surface area contributed by atoms with Crippen molar-refractivity contribution >= 4 is 23.7 Å². The van der Waals surface area contributed by atoms with Crippen LogP contribution in [-0.2, 0) is 28.5 Å². The normalized spacial score (nSPS) is 22.1. The lowest BCUT2D eigenvalue weighted by Crippen LogP contribution is -2.38. The average molecular weight is 597 g/mol. The number of halogens is 7. The maximum Gasteiger partial charge on any atom is 0.416 e. The minimum atomic E-state index is -5.07. The molecule has 5 atom stereocenters. The minimum Gasteiger partial charge on any atom is -0.591 e. The fourth-order valence-electron chi connectivity index (χ4n) is 4.28. The van der Waals surface area contributed by atoms with Crippen LogP contribution in [0.1, 0.15) is 62.0 Å². The Balaban J connectivity index is 2.05. The summed E-state index contributed by atoms with van der Waals surface area (Å²) in [7, 11) is 0. The highest BCUT2D eigenvalue weighted by Gasteiger charge is 2.47. The first-order chi connectivity index (χ1) is 18.3. The molecule has 1 aliphatic heterocycles. The molecule has 0 spiro atoms. The maximum absolute atomic E-state index is 13.7. The van der Waals surface area contributed by atoms with Crippen molar-refractivity contribution in [1.29, 1.82) is 0 Å². The van der Waals surface area contributed by atoms with Crippen molar-refractivity contribution in [3.05, 3.63) is 70.5 Å². The fourth-order valence-corrected chi connectivity index (χ4v) is 4.83. The van der Waals surface area contributed by atoms with Gasteiger partial charge in [-0.05, 0) is 69.2 Å². The van der Waals surface area contributed by atoms with Gasteiger partial charge >= 0.3 is 18.4 Å². The van der Waals surface area contributed by atoms with Crippen LogP contribution >= 0.6 is 0 Å². The number of alkyl halides is 6. The second-order valence-corrected chi connectivity index (χ2v) is 12.2. The molecule has 0 aromatic heterocycles. The summed E-state index contributed by atoms with van der Waals surface area (Å²) in [5.74, 6) is -1.50. The Kier molecular flexibility index (Phi) is 9.16. The molecule has 1 amide bonds. The van der Waals surface area contributed by atoms with Gasteiger partial charge in [0.05, 0.1) is 42.1 Å². The van der Waals surface area contributed by atoms with Gasteiger partial charge in [-0.1, -0.05) is 16.5 Å². The van der Waals surface area contributed by atoms with E-state index in [1.54, 1.807) is 20.8 Å². The molecule has 1 fully saturated rings. The van der Waals surface area contributed by atoms with Crippen LogP contribution < -0.4 is 0 Å². The highest BCUT2D eigenvalue weighted by Crippen LogP contribution is 2.41. The molecule has 2 aromatic rings. The summed E-state index contributed by atoms with van der Waals surface area (Å²) in [6.45, 7) is 5.86. The van der Waals surface area contributed by atoms with E-state index in [2.05, 4.69) is 4.40 Å². The van der Waals surface area contributed by atoms with E-state index in [1.807, 2.05) is 0 Å². The first-order valence-electron chi connectivity index (χ1n) is 11.9. The van der Waals surface area contributed by atoms with Gasteiger partial charge in [-0.3, -0.25) is 4.90 Å². The van der Waals surface area contributed by atoms with Gasteiger partial charge in [0, 0.05) is 5.92 Å². The van der Waals surface area contributed by atoms with Crippen LogP contribution in [0.25, 0.3) is 0 Å². The molecular formula is C26H27F7N2O4S. The number of rotatable bonds is 6. The molecule has 2 aromatic carbocycles. The molecule has 0 radical (unpaired) electrons. The van der Waals surface area contributed by atoms with Crippen molar-refractivity contribution < 1.29 is 49.9 Å². The van der Waals surface area contributed by atoms with Crippen LogP contribution in [0, 0.1) is 5.82 Å². The van der Waals surface area contributed by atoms with E-state index in [4.69, 9.17) is 4.74 Å². The summed E-state index contributed by atoms with van der Waals surface area (Å²) in [6.07, 6.45) is -12.8. The topological polar surface area (TPSA) is 85.2 Å². The lowest BCUT2D eigenvalue weighted by molar-refractivity contribution is -0.143. The number of hydrogen-bond acceptors (Lipinski definition) is 4. The standard InChI is InChI=1S/C26H27F7N2O4S/c1-14(16-9-17(25(28,29)30)11-18(10-16)26(31,32)33)39-21-13-35(23(36)37)20(12-34-40(38)24(2,3)4)22(21)15-5-7-19(27)8-6-15/h5-12,14,20-22H,13H2,1-4H3,(H,36,37)/t14-,20+,21+,22+,40?/m1/s1. The van der Waals surface area contributed by atoms with Crippen LogP contribution in [0.3, 0.4) is 0 Å². The summed E-state index contributed by atoms with van der Waals surface area (Å²) in [6, 6.07) is 4.95. The first kappa shape index (κ1) is 31.7. The molecule has 14 heteroatoms. The van der Waals surface area contributed by atoms with E-state index in [1.165, 1.54) is 25.3 Å². The zero-order valence-corrected chi connectivity index (χ0v) is 22.6. The lowest BCUT2D eigenvalue weighted by Gasteiger charge is -2.27. The molecule has 0 aliphatic carbocycles. The van der Waals surface area contributed by atoms with Gasteiger partial charge in [-0.15, -0.1) is 0 Å².